The van der Waals surface area contributed by atoms with E-state index in [9.17, 15) is 4.79 Å². The summed E-state index contributed by atoms with van der Waals surface area (Å²) in [7, 11) is 0. The molecule has 0 aliphatic rings. The molecule has 0 saturated carbocycles. The molecule has 1 rings (SSSR count). The predicted molar refractivity (Wildman–Crippen MR) is 80.3 cm³/mol. The lowest BCUT2D eigenvalue weighted by molar-refractivity contribution is 0.0929. The molecule has 0 fully saturated rings. The van der Waals surface area contributed by atoms with Crippen molar-refractivity contribution in [1.29, 1.82) is 0 Å². The first-order valence-electron chi connectivity index (χ1n) is 6.91. The summed E-state index contributed by atoms with van der Waals surface area (Å²) in [6.07, 6.45) is 4.83. The predicted octanol–water partition coefficient (Wildman–Crippen LogP) is 2.94. The summed E-state index contributed by atoms with van der Waals surface area (Å²) in [4.78, 5) is 16.1. The van der Waals surface area contributed by atoms with Crippen LogP contribution in [0.5, 0.6) is 0 Å². The fraction of sp³-hybridized carbons (Fsp3) is 0.714. The Morgan fingerprint density at radius 2 is 2.21 bits per heavy atom. The van der Waals surface area contributed by atoms with E-state index in [0.29, 0.717) is 18.8 Å². The van der Waals surface area contributed by atoms with Crippen molar-refractivity contribution in [2.24, 2.45) is 11.1 Å². The molecule has 0 aliphatic carbocycles. The minimum absolute atomic E-state index is 0.0977. The molecule has 0 bridgehead atoms. The number of nitrogens with one attached hydrogen (secondary N) is 1. The molecule has 0 aromatic carbocycles. The van der Waals surface area contributed by atoms with Gasteiger partial charge in [0, 0.05) is 18.5 Å². The third-order valence-electron chi connectivity index (χ3n) is 3.14. The summed E-state index contributed by atoms with van der Waals surface area (Å²) in [6, 6.07) is 0. The van der Waals surface area contributed by atoms with Gasteiger partial charge in [-0.15, -0.1) is 11.3 Å². The Hall–Kier alpha value is -0.940. The normalized spacial score (nSPS) is 11.6. The lowest BCUT2D eigenvalue weighted by atomic mass is 9.87. The molecule has 1 aromatic rings. The molecule has 0 radical (unpaired) electrons. The molecule has 1 aromatic heterocycles. The van der Waals surface area contributed by atoms with Crippen LogP contribution in [0.25, 0.3) is 0 Å². The number of carbonyl (C=O) groups is 1. The van der Waals surface area contributed by atoms with Crippen LogP contribution in [0.4, 0.5) is 0 Å². The maximum atomic E-state index is 11.9. The number of hydrogen-bond donors (Lipinski definition) is 2. The van der Waals surface area contributed by atoms with Gasteiger partial charge in [0.2, 0.25) is 0 Å². The highest BCUT2D eigenvalue weighted by atomic mass is 32.1. The van der Waals surface area contributed by atoms with E-state index in [1.165, 1.54) is 30.6 Å². The average molecular weight is 283 g/mol. The van der Waals surface area contributed by atoms with Gasteiger partial charge < -0.3 is 11.1 Å². The van der Waals surface area contributed by atoms with Gasteiger partial charge in [-0.25, -0.2) is 4.98 Å². The molecule has 1 amide bonds. The van der Waals surface area contributed by atoms with E-state index in [4.69, 9.17) is 5.73 Å². The average Bonchev–Trinajstić information content (AvgIpc) is 2.85. The number of nitrogens with zero attached hydrogens (tertiary/aromatic N) is 1. The zero-order chi connectivity index (χ0) is 14.3. The standard InChI is InChI=1S/C14H25N3OS/c1-4-5-6-7-14(2,3)10-16-13(18)11-9-19-12(8-15)17-11/h9H,4-8,10,15H2,1-3H3,(H,16,18). The number of nitrogens with two attached hydrogens (primary N) is 1. The Labute approximate surface area is 119 Å². The van der Waals surface area contributed by atoms with Crippen molar-refractivity contribution in [1.82, 2.24) is 10.3 Å². The SMILES string of the molecule is CCCCCC(C)(C)CNC(=O)c1csc(CN)n1. The Bertz CT molecular complexity index is 401. The summed E-state index contributed by atoms with van der Waals surface area (Å²) in [5.41, 5.74) is 6.11. The second-order valence-electron chi connectivity index (χ2n) is 5.63. The molecule has 0 aliphatic heterocycles. The minimum atomic E-state index is -0.0977. The largest absolute Gasteiger partial charge is 0.350 e. The molecule has 5 heteroatoms. The smallest absolute Gasteiger partial charge is 0.270 e. The van der Waals surface area contributed by atoms with Crippen molar-refractivity contribution in [2.75, 3.05) is 6.54 Å². The van der Waals surface area contributed by atoms with Gasteiger partial charge in [0.25, 0.3) is 5.91 Å². The van der Waals surface area contributed by atoms with E-state index in [1.807, 2.05) is 0 Å². The van der Waals surface area contributed by atoms with Gasteiger partial charge in [0.05, 0.1) is 0 Å². The van der Waals surface area contributed by atoms with Crippen LogP contribution in [-0.2, 0) is 6.54 Å². The maximum Gasteiger partial charge on any atom is 0.270 e. The molecule has 0 spiro atoms. The molecule has 0 atom stereocenters. The third-order valence-corrected chi connectivity index (χ3v) is 4.01. The maximum absolute atomic E-state index is 11.9. The first-order valence-corrected chi connectivity index (χ1v) is 7.79. The van der Waals surface area contributed by atoms with Crippen LogP contribution >= 0.6 is 11.3 Å². The number of thiazole rings is 1. The van der Waals surface area contributed by atoms with Crippen LogP contribution < -0.4 is 11.1 Å². The monoisotopic (exact) mass is 283 g/mol. The second kappa shape index (κ2) is 7.60. The molecule has 108 valence electrons. The Morgan fingerprint density at radius 3 is 2.79 bits per heavy atom. The molecule has 0 unspecified atom stereocenters. The topological polar surface area (TPSA) is 68.0 Å². The highest BCUT2D eigenvalue weighted by Gasteiger charge is 2.19. The van der Waals surface area contributed by atoms with Crippen LogP contribution in [0, 0.1) is 5.41 Å². The molecule has 0 saturated heterocycles. The molecule has 1 heterocycles. The number of rotatable bonds is 8. The molecular formula is C14H25N3OS. The quantitative estimate of drug-likeness (QED) is 0.721. The van der Waals surface area contributed by atoms with E-state index in [1.54, 1.807) is 5.38 Å². The van der Waals surface area contributed by atoms with Gasteiger partial charge in [-0.1, -0.05) is 40.0 Å². The van der Waals surface area contributed by atoms with Gasteiger partial charge in [0.1, 0.15) is 10.7 Å². The summed E-state index contributed by atoms with van der Waals surface area (Å²) in [5, 5.41) is 5.53. The molecule has 19 heavy (non-hydrogen) atoms. The summed E-state index contributed by atoms with van der Waals surface area (Å²) >= 11 is 1.43. The Balaban J connectivity index is 2.40. The van der Waals surface area contributed by atoms with Crippen LogP contribution in [-0.4, -0.2) is 17.4 Å². The fourth-order valence-corrected chi connectivity index (χ4v) is 2.52. The lowest BCUT2D eigenvalue weighted by Crippen LogP contribution is -2.34. The molecule has 3 N–H and O–H groups in total. The summed E-state index contributed by atoms with van der Waals surface area (Å²) < 4.78 is 0. The zero-order valence-electron chi connectivity index (χ0n) is 12.2. The highest BCUT2D eigenvalue weighted by Crippen LogP contribution is 2.22. The van der Waals surface area contributed by atoms with E-state index in [0.717, 1.165) is 11.4 Å². The van der Waals surface area contributed by atoms with Crippen molar-refractivity contribution in [3.63, 3.8) is 0 Å². The van der Waals surface area contributed by atoms with Crippen molar-refractivity contribution < 1.29 is 4.79 Å². The van der Waals surface area contributed by atoms with Gasteiger partial charge >= 0.3 is 0 Å². The third kappa shape index (κ3) is 5.70. The lowest BCUT2D eigenvalue weighted by Gasteiger charge is -2.24. The Kier molecular flexibility index (Phi) is 6.45. The number of carbonyl (C=O) groups excluding carboxylic acids is 1. The van der Waals surface area contributed by atoms with Gasteiger partial charge in [-0.05, 0) is 11.8 Å². The number of unbranched alkanes of at least 4 members (excludes halogenated alkanes) is 2. The second-order valence-corrected chi connectivity index (χ2v) is 6.58. The first-order chi connectivity index (χ1) is 8.98. The number of aromatic nitrogens is 1. The van der Waals surface area contributed by atoms with Crippen LogP contribution in [0.1, 0.15) is 62.0 Å². The van der Waals surface area contributed by atoms with Crippen molar-refractivity contribution in [3.8, 4) is 0 Å². The van der Waals surface area contributed by atoms with Crippen molar-refractivity contribution in [3.05, 3.63) is 16.1 Å². The molecular weight excluding hydrogens is 258 g/mol. The van der Waals surface area contributed by atoms with Crippen LogP contribution in [0.2, 0.25) is 0 Å². The number of amides is 1. The van der Waals surface area contributed by atoms with Gasteiger partial charge in [-0.3, -0.25) is 4.79 Å². The van der Waals surface area contributed by atoms with Crippen LogP contribution in [0.15, 0.2) is 5.38 Å². The Morgan fingerprint density at radius 1 is 1.47 bits per heavy atom. The van der Waals surface area contributed by atoms with E-state index in [-0.39, 0.29) is 11.3 Å². The highest BCUT2D eigenvalue weighted by molar-refractivity contribution is 7.09. The summed E-state index contributed by atoms with van der Waals surface area (Å²) in [6.45, 7) is 7.65. The molecule has 4 nitrogen and oxygen atoms in total. The fourth-order valence-electron chi connectivity index (χ4n) is 1.86. The van der Waals surface area contributed by atoms with E-state index < -0.39 is 0 Å². The van der Waals surface area contributed by atoms with Crippen molar-refractivity contribution in [2.45, 2.75) is 53.0 Å². The van der Waals surface area contributed by atoms with Crippen molar-refractivity contribution >= 4 is 17.2 Å². The van der Waals surface area contributed by atoms with Gasteiger partial charge in [-0.2, -0.15) is 0 Å². The zero-order valence-corrected chi connectivity index (χ0v) is 13.0. The van der Waals surface area contributed by atoms with E-state index in [2.05, 4.69) is 31.1 Å². The number of hydrogen-bond acceptors (Lipinski definition) is 4. The summed E-state index contributed by atoms with van der Waals surface area (Å²) in [5.74, 6) is -0.0977. The minimum Gasteiger partial charge on any atom is -0.350 e. The van der Waals surface area contributed by atoms with Gasteiger partial charge in [0.15, 0.2) is 0 Å². The van der Waals surface area contributed by atoms with E-state index >= 15 is 0 Å². The first kappa shape index (κ1) is 16.1. The van der Waals surface area contributed by atoms with Crippen LogP contribution in [0.3, 0.4) is 0 Å².